The molecule has 0 N–H and O–H groups in total. The van der Waals surface area contributed by atoms with Gasteiger partial charge in [-0.15, -0.1) is 0 Å². The molecule has 4 heteroatoms. The largest absolute Gasteiger partial charge is 0.489 e. The van der Waals surface area contributed by atoms with Gasteiger partial charge >= 0.3 is 0 Å². The van der Waals surface area contributed by atoms with Crippen LogP contribution in [0.15, 0.2) is 36.4 Å². The van der Waals surface area contributed by atoms with Crippen molar-refractivity contribution in [2.75, 3.05) is 18.0 Å². The van der Waals surface area contributed by atoms with Crippen LogP contribution in [0.25, 0.3) is 0 Å². The fourth-order valence-corrected chi connectivity index (χ4v) is 3.49. The molecule has 0 radical (unpaired) electrons. The second-order valence-electron chi connectivity index (χ2n) is 6.80. The predicted octanol–water partition coefficient (Wildman–Crippen LogP) is 4.70. The van der Waals surface area contributed by atoms with Gasteiger partial charge in [0.05, 0.1) is 0 Å². The average Bonchev–Trinajstić information content (AvgIpc) is 2.66. The van der Waals surface area contributed by atoms with Crippen LogP contribution >= 0.6 is 0 Å². The predicted molar refractivity (Wildman–Crippen MR) is 102 cm³/mol. The number of aldehydes is 1. The van der Waals surface area contributed by atoms with E-state index in [1.54, 1.807) is 6.07 Å². The van der Waals surface area contributed by atoms with Gasteiger partial charge in [0.15, 0.2) is 0 Å². The fourth-order valence-electron chi connectivity index (χ4n) is 3.49. The highest BCUT2D eigenvalue weighted by Crippen LogP contribution is 2.31. The Morgan fingerprint density at radius 1 is 1.23 bits per heavy atom. The number of hydrogen-bond acceptors (Lipinski definition) is 3. The molecule has 138 valence electrons. The lowest BCUT2D eigenvalue weighted by atomic mass is 10.0. The number of carbonyl (C=O) groups is 1. The summed E-state index contributed by atoms with van der Waals surface area (Å²) in [6.07, 6.45) is 5.03. The minimum Gasteiger partial charge on any atom is -0.489 e. The summed E-state index contributed by atoms with van der Waals surface area (Å²) in [5, 5.41) is 0. The van der Waals surface area contributed by atoms with Crippen LogP contribution < -0.4 is 9.64 Å². The molecule has 2 aromatic carbocycles. The maximum atomic E-state index is 14.1. The highest BCUT2D eigenvalue weighted by atomic mass is 19.1. The summed E-state index contributed by atoms with van der Waals surface area (Å²) in [5.41, 5.74) is 4.01. The van der Waals surface area contributed by atoms with Crippen LogP contribution in [-0.4, -0.2) is 19.4 Å². The number of hydrogen-bond donors (Lipinski definition) is 0. The molecule has 2 aromatic rings. The van der Waals surface area contributed by atoms with Gasteiger partial charge in [-0.3, -0.25) is 0 Å². The first-order chi connectivity index (χ1) is 12.7. The van der Waals surface area contributed by atoms with Crippen molar-refractivity contribution < 1.29 is 13.9 Å². The molecule has 0 bridgehead atoms. The van der Waals surface area contributed by atoms with Crippen molar-refractivity contribution in [1.29, 1.82) is 0 Å². The number of ether oxygens (including phenoxy) is 1. The third-order valence-electron chi connectivity index (χ3n) is 4.82. The van der Waals surface area contributed by atoms with Gasteiger partial charge in [-0.2, -0.15) is 0 Å². The molecule has 3 nitrogen and oxygen atoms in total. The summed E-state index contributed by atoms with van der Waals surface area (Å²) < 4.78 is 20.0. The topological polar surface area (TPSA) is 29.5 Å². The Morgan fingerprint density at radius 3 is 2.88 bits per heavy atom. The molecule has 1 heterocycles. The van der Waals surface area contributed by atoms with Gasteiger partial charge in [-0.05, 0) is 54.5 Å². The zero-order chi connectivity index (χ0) is 18.4. The second kappa shape index (κ2) is 8.84. The monoisotopic (exact) mass is 355 g/mol. The fraction of sp³-hybridized carbons (Fsp3) is 0.409. The summed E-state index contributed by atoms with van der Waals surface area (Å²) in [7, 11) is 0. The minimum atomic E-state index is -0.271. The van der Waals surface area contributed by atoms with E-state index in [1.165, 1.54) is 23.7 Å². The number of nitrogens with zero attached hydrogens (tertiary/aromatic N) is 1. The molecule has 0 saturated carbocycles. The number of rotatable bonds is 8. The Hall–Kier alpha value is -2.36. The van der Waals surface area contributed by atoms with E-state index < -0.39 is 0 Å². The Bertz CT molecular complexity index is 760. The number of carbonyl (C=O) groups excluding carboxylic acids is 1. The van der Waals surface area contributed by atoms with Crippen LogP contribution in [0.3, 0.4) is 0 Å². The SMILES string of the molecule is CCCN1CCCc2ccc(OCc3ccc(CCC=O)c(F)c3)cc21. The number of halogens is 1. The number of fused-ring (bicyclic) bond motifs is 1. The quantitative estimate of drug-likeness (QED) is 0.643. The number of aryl methyl sites for hydroxylation is 2. The third kappa shape index (κ3) is 4.43. The van der Waals surface area contributed by atoms with Gasteiger partial charge in [-0.1, -0.05) is 25.1 Å². The van der Waals surface area contributed by atoms with Crippen molar-refractivity contribution in [3.05, 3.63) is 58.9 Å². The molecule has 0 saturated heterocycles. The van der Waals surface area contributed by atoms with Gasteiger partial charge in [0.25, 0.3) is 0 Å². The van der Waals surface area contributed by atoms with Crippen LogP contribution in [-0.2, 0) is 24.2 Å². The third-order valence-corrected chi connectivity index (χ3v) is 4.82. The van der Waals surface area contributed by atoms with Crippen molar-refractivity contribution in [3.63, 3.8) is 0 Å². The Kier molecular flexibility index (Phi) is 6.26. The molecule has 0 amide bonds. The maximum Gasteiger partial charge on any atom is 0.126 e. The standard InChI is InChI=1S/C22H26FNO2/c1-2-11-24-12-3-5-19-9-10-20(15-22(19)24)26-16-17-7-8-18(6-4-13-25)21(23)14-17/h7-10,13-15H,2-6,11-12,16H2,1H3. The van der Waals surface area contributed by atoms with Gasteiger partial charge in [0, 0.05) is 31.3 Å². The summed E-state index contributed by atoms with van der Waals surface area (Å²) in [4.78, 5) is 12.9. The van der Waals surface area contributed by atoms with Crippen LogP contribution in [0.5, 0.6) is 5.75 Å². The van der Waals surface area contributed by atoms with E-state index in [4.69, 9.17) is 4.74 Å². The van der Waals surface area contributed by atoms with E-state index in [0.717, 1.165) is 43.5 Å². The lowest BCUT2D eigenvalue weighted by molar-refractivity contribution is -0.107. The van der Waals surface area contributed by atoms with Crippen LogP contribution in [0.4, 0.5) is 10.1 Å². The average molecular weight is 355 g/mol. The van der Waals surface area contributed by atoms with Crippen molar-refractivity contribution in [2.45, 2.75) is 45.6 Å². The highest BCUT2D eigenvalue weighted by Gasteiger charge is 2.16. The van der Waals surface area contributed by atoms with Gasteiger partial charge in [0.1, 0.15) is 24.5 Å². The summed E-state index contributed by atoms with van der Waals surface area (Å²) in [5.74, 6) is 0.546. The highest BCUT2D eigenvalue weighted by molar-refractivity contribution is 5.58. The molecular weight excluding hydrogens is 329 g/mol. The van der Waals surface area contributed by atoms with Crippen LogP contribution in [0.1, 0.15) is 42.9 Å². The first-order valence-corrected chi connectivity index (χ1v) is 9.43. The molecule has 0 aromatic heterocycles. The van der Waals surface area contributed by atoms with E-state index in [9.17, 15) is 9.18 Å². The zero-order valence-electron chi connectivity index (χ0n) is 15.3. The maximum absolute atomic E-state index is 14.1. The van der Waals surface area contributed by atoms with E-state index in [1.807, 2.05) is 12.1 Å². The van der Waals surface area contributed by atoms with E-state index >= 15 is 0 Å². The Balaban J connectivity index is 1.67. The molecule has 0 aliphatic carbocycles. The van der Waals surface area contributed by atoms with E-state index in [0.29, 0.717) is 25.0 Å². The van der Waals surface area contributed by atoms with Crippen molar-refractivity contribution in [2.24, 2.45) is 0 Å². The van der Waals surface area contributed by atoms with Crippen LogP contribution in [0, 0.1) is 5.82 Å². The number of benzene rings is 2. The molecule has 0 unspecified atom stereocenters. The molecule has 0 atom stereocenters. The summed E-state index contributed by atoms with van der Waals surface area (Å²) >= 11 is 0. The minimum absolute atomic E-state index is 0.271. The molecule has 26 heavy (non-hydrogen) atoms. The molecule has 0 spiro atoms. The van der Waals surface area contributed by atoms with E-state index in [2.05, 4.69) is 24.0 Å². The van der Waals surface area contributed by atoms with Gasteiger partial charge < -0.3 is 14.4 Å². The Morgan fingerprint density at radius 2 is 2.12 bits per heavy atom. The van der Waals surface area contributed by atoms with Crippen molar-refractivity contribution in [3.8, 4) is 5.75 Å². The van der Waals surface area contributed by atoms with E-state index in [-0.39, 0.29) is 5.82 Å². The van der Waals surface area contributed by atoms with Crippen molar-refractivity contribution >= 4 is 12.0 Å². The smallest absolute Gasteiger partial charge is 0.126 e. The molecule has 1 aliphatic heterocycles. The summed E-state index contributed by atoms with van der Waals surface area (Å²) in [6.45, 7) is 4.68. The molecule has 1 aliphatic rings. The molecule has 3 rings (SSSR count). The first-order valence-electron chi connectivity index (χ1n) is 9.43. The summed E-state index contributed by atoms with van der Waals surface area (Å²) in [6, 6.07) is 11.4. The second-order valence-corrected chi connectivity index (χ2v) is 6.80. The lowest BCUT2D eigenvalue weighted by Gasteiger charge is -2.31. The molecule has 0 fully saturated rings. The van der Waals surface area contributed by atoms with Gasteiger partial charge in [0.2, 0.25) is 0 Å². The lowest BCUT2D eigenvalue weighted by Crippen LogP contribution is -2.29. The Labute approximate surface area is 154 Å². The normalized spacial score (nSPS) is 13.4. The van der Waals surface area contributed by atoms with Crippen molar-refractivity contribution in [1.82, 2.24) is 0 Å². The number of anilines is 1. The zero-order valence-corrected chi connectivity index (χ0v) is 15.3. The molecular formula is C22H26FNO2. The first kappa shape index (κ1) is 18.4. The van der Waals surface area contributed by atoms with Gasteiger partial charge in [-0.25, -0.2) is 4.39 Å². The van der Waals surface area contributed by atoms with Crippen LogP contribution in [0.2, 0.25) is 0 Å².